The molecule has 5 atom stereocenters. The monoisotopic (exact) mass is 451 g/mol. The Bertz CT molecular complexity index is 932. The number of hydrogen-bond acceptors (Lipinski definition) is 7. The van der Waals surface area contributed by atoms with Gasteiger partial charge in [0, 0.05) is 0 Å². The van der Waals surface area contributed by atoms with Crippen LogP contribution >= 0.6 is 0 Å². The van der Waals surface area contributed by atoms with Crippen molar-refractivity contribution in [1.82, 2.24) is 5.06 Å². The van der Waals surface area contributed by atoms with E-state index in [1.807, 2.05) is 91.0 Å². The Morgan fingerprint density at radius 2 is 1.24 bits per heavy atom. The Labute approximate surface area is 193 Å². The van der Waals surface area contributed by atoms with Gasteiger partial charge in [0.1, 0.15) is 24.4 Å². The lowest BCUT2D eigenvalue weighted by molar-refractivity contribution is -0.348. The third-order valence-corrected chi connectivity index (χ3v) is 5.83. The number of rotatable bonds is 8. The van der Waals surface area contributed by atoms with Gasteiger partial charge in [-0.25, -0.2) is 0 Å². The molecule has 3 aromatic carbocycles. The third kappa shape index (κ3) is 5.31. The summed E-state index contributed by atoms with van der Waals surface area (Å²) in [5, 5.41) is 42.9. The Hall–Kier alpha value is -2.62. The van der Waals surface area contributed by atoms with Crippen LogP contribution in [0.2, 0.25) is 0 Å². The fraction of sp³-hybridized carbons (Fsp3) is 0.308. The summed E-state index contributed by atoms with van der Waals surface area (Å²) >= 11 is 0. The van der Waals surface area contributed by atoms with E-state index in [9.17, 15) is 20.4 Å². The molecule has 0 saturated carbocycles. The summed E-state index contributed by atoms with van der Waals surface area (Å²) in [6, 6.07) is 28.3. The van der Waals surface area contributed by atoms with Gasteiger partial charge in [-0.05, 0) is 16.7 Å². The van der Waals surface area contributed by atoms with Gasteiger partial charge in [-0.3, -0.25) is 4.84 Å². The largest absolute Gasteiger partial charge is 0.394 e. The minimum Gasteiger partial charge on any atom is -0.394 e. The molecule has 0 unspecified atom stereocenters. The Kier molecular flexibility index (Phi) is 7.85. The third-order valence-electron chi connectivity index (χ3n) is 5.83. The van der Waals surface area contributed by atoms with Crippen molar-refractivity contribution in [3.63, 3.8) is 0 Å². The van der Waals surface area contributed by atoms with Gasteiger partial charge in [0.2, 0.25) is 0 Å². The maximum absolute atomic E-state index is 10.9. The van der Waals surface area contributed by atoms with Gasteiger partial charge in [0.25, 0.3) is 0 Å². The quantitative estimate of drug-likeness (QED) is 0.389. The zero-order valence-corrected chi connectivity index (χ0v) is 18.1. The molecule has 4 rings (SSSR count). The summed E-state index contributed by atoms with van der Waals surface area (Å²) in [4.78, 5) is 6.26. The SMILES string of the molecule is OC[C@H]1O[C@@H](N(OCc2ccccc2)C(c2ccccc2)c2ccccc2)[C@H](O)[C@@H](O)[C@@H]1O. The molecule has 0 radical (unpaired) electrons. The Morgan fingerprint density at radius 1 is 0.727 bits per heavy atom. The standard InChI is InChI=1S/C26H29NO6/c28-16-21-23(29)24(30)25(31)26(33-21)27(32-17-18-10-4-1-5-11-18)22(19-12-6-2-7-13-19)20-14-8-3-9-15-20/h1-15,21-26,28-31H,16-17H2/t21-,23-,24+,25-,26-/m1/s1. The second-order valence-corrected chi connectivity index (χ2v) is 8.06. The summed E-state index contributed by atoms with van der Waals surface area (Å²) in [6.07, 6.45) is -6.66. The van der Waals surface area contributed by atoms with Crippen molar-refractivity contribution in [2.24, 2.45) is 0 Å². The molecule has 0 aromatic heterocycles. The van der Waals surface area contributed by atoms with Crippen molar-refractivity contribution in [2.75, 3.05) is 6.61 Å². The highest BCUT2D eigenvalue weighted by Crippen LogP contribution is 2.35. The lowest BCUT2D eigenvalue weighted by Crippen LogP contribution is -2.63. The molecule has 0 aliphatic carbocycles. The van der Waals surface area contributed by atoms with Crippen molar-refractivity contribution in [3.05, 3.63) is 108 Å². The first-order valence-corrected chi connectivity index (χ1v) is 11.0. The average molecular weight is 452 g/mol. The van der Waals surface area contributed by atoms with Crippen LogP contribution in [-0.2, 0) is 16.2 Å². The van der Waals surface area contributed by atoms with E-state index in [0.717, 1.165) is 16.7 Å². The number of hydrogen-bond donors (Lipinski definition) is 4. The lowest BCUT2D eigenvalue weighted by atomic mass is 9.94. The van der Waals surface area contributed by atoms with E-state index < -0.39 is 43.3 Å². The topological polar surface area (TPSA) is 103 Å². The van der Waals surface area contributed by atoms with Crippen molar-refractivity contribution < 1.29 is 30.0 Å². The summed E-state index contributed by atoms with van der Waals surface area (Å²) in [6.45, 7) is -0.332. The van der Waals surface area contributed by atoms with Crippen LogP contribution in [0.15, 0.2) is 91.0 Å². The number of benzene rings is 3. The maximum Gasteiger partial charge on any atom is 0.163 e. The molecule has 3 aromatic rings. The predicted octanol–water partition coefficient (Wildman–Crippen LogP) is 2.01. The Balaban J connectivity index is 1.76. The molecule has 1 aliphatic heterocycles. The molecule has 7 nitrogen and oxygen atoms in total. The molecular formula is C26H29NO6. The fourth-order valence-electron chi connectivity index (χ4n) is 4.07. The first-order chi connectivity index (χ1) is 16.1. The highest BCUT2D eigenvalue weighted by atomic mass is 16.7. The van der Waals surface area contributed by atoms with Gasteiger partial charge < -0.3 is 25.2 Å². The molecule has 0 bridgehead atoms. The second kappa shape index (κ2) is 11.0. The van der Waals surface area contributed by atoms with Gasteiger partial charge in [0.05, 0.1) is 19.3 Å². The highest BCUT2D eigenvalue weighted by molar-refractivity contribution is 5.31. The number of nitrogens with zero attached hydrogens (tertiary/aromatic N) is 1. The maximum atomic E-state index is 10.9. The molecular weight excluding hydrogens is 422 g/mol. The van der Waals surface area contributed by atoms with Crippen LogP contribution in [0, 0.1) is 0 Å². The fourth-order valence-corrected chi connectivity index (χ4v) is 4.07. The number of hydroxylamine groups is 2. The smallest absolute Gasteiger partial charge is 0.163 e. The Morgan fingerprint density at radius 3 is 1.76 bits per heavy atom. The van der Waals surface area contributed by atoms with Crippen molar-refractivity contribution in [1.29, 1.82) is 0 Å². The van der Waals surface area contributed by atoms with Crippen molar-refractivity contribution >= 4 is 0 Å². The first kappa shape index (κ1) is 23.5. The number of aliphatic hydroxyl groups excluding tert-OH is 4. The lowest BCUT2D eigenvalue weighted by Gasteiger charge is -2.46. The first-order valence-electron chi connectivity index (χ1n) is 11.0. The van der Waals surface area contributed by atoms with E-state index in [-0.39, 0.29) is 6.61 Å². The average Bonchev–Trinajstić information content (AvgIpc) is 2.87. The molecule has 1 aliphatic rings. The van der Waals surface area contributed by atoms with Crippen molar-refractivity contribution in [3.8, 4) is 0 Å². The highest BCUT2D eigenvalue weighted by Gasteiger charge is 2.48. The van der Waals surface area contributed by atoms with Gasteiger partial charge in [-0.1, -0.05) is 91.0 Å². The van der Waals surface area contributed by atoms with Gasteiger partial charge in [0.15, 0.2) is 6.23 Å². The zero-order chi connectivity index (χ0) is 23.2. The summed E-state index contributed by atoms with van der Waals surface area (Å²) in [5.74, 6) is 0. The van der Waals surface area contributed by atoms with Crippen LogP contribution in [0.4, 0.5) is 0 Å². The van der Waals surface area contributed by atoms with Crippen LogP contribution in [-0.4, -0.2) is 62.7 Å². The van der Waals surface area contributed by atoms with Crippen LogP contribution in [0.25, 0.3) is 0 Å². The molecule has 0 spiro atoms. The summed E-state index contributed by atoms with van der Waals surface area (Å²) in [5.41, 5.74) is 2.68. The summed E-state index contributed by atoms with van der Waals surface area (Å²) < 4.78 is 5.90. The van der Waals surface area contributed by atoms with E-state index in [2.05, 4.69) is 0 Å². The van der Waals surface area contributed by atoms with E-state index in [4.69, 9.17) is 9.57 Å². The molecule has 4 N–H and O–H groups in total. The van der Waals surface area contributed by atoms with E-state index in [0.29, 0.717) is 0 Å². The number of aliphatic hydroxyl groups is 4. The molecule has 0 amide bonds. The van der Waals surface area contributed by atoms with Crippen LogP contribution in [0.3, 0.4) is 0 Å². The van der Waals surface area contributed by atoms with E-state index >= 15 is 0 Å². The van der Waals surface area contributed by atoms with E-state index in [1.165, 1.54) is 5.06 Å². The molecule has 1 saturated heterocycles. The molecule has 1 fully saturated rings. The molecule has 7 heteroatoms. The van der Waals surface area contributed by atoms with E-state index in [1.54, 1.807) is 0 Å². The number of ether oxygens (including phenoxy) is 1. The van der Waals surface area contributed by atoms with Gasteiger partial charge >= 0.3 is 0 Å². The van der Waals surface area contributed by atoms with Gasteiger partial charge in [-0.15, -0.1) is 5.06 Å². The molecule has 1 heterocycles. The predicted molar refractivity (Wildman–Crippen MR) is 122 cm³/mol. The van der Waals surface area contributed by atoms with Crippen LogP contribution in [0.5, 0.6) is 0 Å². The van der Waals surface area contributed by atoms with Crippen LogP contribution < -0.4 is 0 Å². The van der Waals surface area contributed by atoms with Gasteiger partial charge in [-0.2, -0.15) is 0 Å². The molecule has 33 heavy (non-hydrogen) atoms. The second-order valence-electron chi connectivity index (χ2n) is 8.06. The molecule has 174 valence electrons. The minimum atomic E-state index is -1.52. The minimum absolute atomic E-state index is 0.187. The zero-order valence-electron chi connectivity index (χ0n) is 18.1. The summed E-state index contributed by atoms with van der Waals surface area (Å²) in [7, 11) is 0. The van der Waals surface area contributed by atoms with Crippen LogP contribution in [0.1, 0.15) is 22.7 Å². The normalized spacial score (nSPS) is 25.5. The van der Waals surface area contributed by atoms with Crippen molar-refractivity contribution in [2.45, 2.75) is 43.3 Å².